The van der Waals surface area contributed by atoms with Crippen LogP contribution in [0.25, 0.3) is 6.08 Å². The van der Waals surface area contributed by atoms with Gasteiger partial charge in [0.05, 0.1) is 12.3 Å². The smallest absolute Gasteiger partial charge is 0.331 e. The number of carboxylic acid groups (broad SMARTS) is 1. The van der Waals surface area contributed by atoms with Crippen LogP contribution in [0.4, 0.5) is 10.5 Å². The standard InChI is InChI=1S/C14H16N2O4/c1-2-15-14(19)16-11-5-3-4-9-8-10(13(17)18)6-7-20-12(9)11/h3-5,8H,2,6-7H2,1H3,(H,17,18)(H2,15,16,19). The number of aliphatic carboxylic acids is 1. The number of hydrogen-bond acceptors (Lipinski definition) is 3. The van der Waals surface area contributed by atoms with Crippen molar-refractivity contribution in [2.45, 2.75) is 13.3 Å². The number of carboxylic acids is 1. The third-order valence-corrected chi connectivity index (χ3v) is 2.85. The van der Waals surface area contributed by atoms with Gasteiger partial charge in [-0.2, -0.15) is 0 Å². The molecule has 0 aromatic heterocycles. The molecule has 0 spiro atoms. The predicted octanol–water partition coefficient (Wildman–Crippen LogP) is 2.08. The van der Waals surface area contributed by atoms with E-state index in [0.29, 0.717) is 35.5 Å². The minimum absolute atomic E-state index is 0.263. The summed E-state index contributed by atoms with van der Waals surface area (Å²) < 4.78 is 5.58. The summed E-state index contributed by atoms with van der Waals surface area (Å²) in [6, 6.07) is 4.89. The lowest BCUT2D eigenvalue weighted by atomic mass is 10.1. The van der Waals surface area contributed by atoms with Crippen LogP contribution < -0.4 is 15.4 Å². The lowest BCUT2D eigenvalue weighted by molar-refractivity contribution is -0.132. The first-order valence-electron chi connectivity index (χ1n) is 6.36. The van der Waals surface area contributed by atoms with Crippen molar-refractivity contribution in [3.63, 3.8) is 0 Å². The van der Waals surface area contributed by atoms with E-state index in [9.17, 15) is 9.59 Å². The van der Waals surface area contributed by atoms with Gasteiger partial charge in [-0.3, -0.25) is 0 Å². The van der Waals surface area contributed by atoms with Crippen molar-refractivity contribution < 1.29 is 19.4 Å². The Labute approximate surface area is 116 Å². The summed E-state index contributed by atoms with van der Waals surface area (Å²) in [4.78, 5) is 22.6. The molecule has 0 unspecified atom stereocenters. The number of anilines is 1. The van der Waals surface area contributed by atoms with Gasteiger partial charge in [0, 0.05) is 24.1 Å². The van der Waals surface area contributed by atoms with Crippen molar-refractivity contribution in [2.24, 2.45) is 0 Å². The molecule has 2 amide bonds. The molecule has 0 bridgehead atoms. The number of carbonyl (C=O) groups is 2. The molecule has 1 aromatic rings. The van der Waals surface area contributed by atoms with Gasteiger partial charge in [0.15, 0.2) is 0 Å². The van der Waals surface area contributed by atoms with Crippen molar-refractivity contribution >= 4 is 23.8 Å². The SMILES string of the molecule is CCNC(=O)Nc1cccc2c1OCCC(C(=O)O)=C2. The highest BCUT2D eigenvalue weighted by molar-refractivity contribution is 5.95. The molecule has 1 aliphatic rings. The average Bonchev–Trinajstić information content (AvgIpc) is 2.62. The van der Waals surface area contributed by atoms with E-state index >= 15 is 0 Å². The van der Waals surface area contributed by atoms with Crippen LogP contribution in [0.2, 0.25) is 0 Å². The molecule has 3 N–H and O–H groups in total. The fourth-order valence-corrected chi connectivity index (χ4v) is 1.95. The Balaban J connectivity index is 2.33. The predicted molar refractivity (Wildman–Crippen MR) is 74.9 cm³/mol. The zero-order valence-corrected chi connectivity index (χ0v) is 11.1. The molecule has 1 aromatic carbocycles. The van der Waals surface area contributed by atoms with Gasteiger partial charge in [0.1, 0.15) is 5.75 Å². The first-order chi connectivity index (χ1) is 9.61. The minimum Gasteiger partial charge on any atom is -0.490 e. The maximum atomic E-state index is 11.6. The van der Waals surface area contributed by atoms with Crippen LogP contribution in [-0.2, 0) is 4.79 Å². The van der Waals surface area contributed by atoms with Gasteiger partial charge in [-0.05, 0) is 19.1 Å². The lowest BCUT2D eigenvalue weighted by Crippen LogP contribution is -2.28. The summed E-state index contributed by atoms with van der Waals surface area (Å²) in [6.45, 7) is 2.60. The molecule has 20 heavy (non-hydrogen) atoms. The highest BCUT2D eigenvalue weighted by Gasteiger charge is 2.17. The third-order valence-electron chi connectivity index (χ3n) is 2.85. The molecular formula is C14H16N2O4. The van der Waals surface area contributed by atoms with Gasteiger partial charge in [-0.1, -0.05) is 12.1 Å². The number of carbonyl (C=O) groups excluding carboxylic acids is 1. The minimum atomic E-state index is -0.955. The lowest BCUT2D eigenvalue weighted by Gasteiger charge is -2.13. The fraction of sp³-hybridized carbons (Fsp3) is 0.286. The molecular weight excluding hydrogens is 260 g/mol. The number of amides is 2. The molecule has 0 saturated carbocycles. The Morgan fingerprint density at radius 3 is 2.90 bits per heavy atom. The first-order valence-corrected chi connectivity index (χ1v) is 6.36. The van der Waals surface area contributed by atoms with Crippen LogP contribution in [0, 0.1) is 0 Å². The van der Waals surface area contributed by atoms with Crippen molar-refractivity contribution in [3.8, 4) is 5.75 Å². The molecule has 6 nitrogen and oxygen atoms in total. The molecule has 0 saturated heterocycles. The summed E-state index contributed by atoms with van der Waals surface area (Å²) in [5, 5.41) is 14.4. The topological polar surface area (TPSA) is 87.7 Å². The number of para-hydroxylation sites is 1. The maximum Gasteiger partial charge on any atom is 0.331 e. The molecule has 0 aliphatic carbocycles. The number of urea groups is 1. The van der Waals surface area contributed by atoms with Crippen LogP contribution in [0.15, 0.2) is 23.8 Å². The molecule has 0 fully saturated rings. The van der Waals surface area contributed by atoms with Gasteiger partial charge in [0.25, 0.3) is 0 Å². The van der Waals surface area contributed by atoms with Crippen molar-refractivity contribution in [2.75, 3.05) is 18.5 Å². The Morgan fingerprint density at radius 2 is 2.20 bits per heavy atom. The number of nitrogens with one attached hydrogen (secondary N) is 2. The molecule has 1 aliphatic heterocycles. The van der Waals surface area contributed by atoms with E-state index in [1.54, 1.807) is 24.3 Å². The highest BCUT2D eigenvalue weighted by atomic mass is 16.5. The molecule has 0 radical (unpaired) electrons. The largest absolute Gasteiger partial charge is 0.490 e. The Kier molecular flexibility index (Phi) is 4.24. The molecule has 0 atom stereocenters. The van der Waals surface area contributed by atoms with E-state index in [-0.39, 0.29) is 12.6 Å². The Bertz CT molecular complexity index is 566. The third kappa shape index (κ3) is 3.09. The highest BCUT2D eigenvalue weighted by Crippen LogP contribution is 2.33. The Morgan fingerprint density at radius 1 is 1.40 bits per heavy atom. The van der Waals surface area contributed by atoms with Crippen LogP contribution in [-0.4, -0.2) is 30.3 Å². The van der Waals surface area contributed by atoms with E-state index in [4.69, 9.17) is 9.84 Å². The van der Waals surface area contributed by atoms with Crippen LogP contribution in [0.3, 0.4) is 0 Å². The van der Waals surface area contributed by atoms with Gasteiger partial charge in [-0.25, -0.2) is 9.59 Å². The second-order valence-electron chi connectivity index (χ2n) is 4.28. The summed E-state index contributed by atoms with van der Waals surface area (Å²) >= 11 is 0. The van der Waals surface area contributed by atoms with Crippen LogP contribution >= 0.6 is 0 Å². The second-order valence-corrected chi connectivity index (χ2v) is 4.28. The maximum absolute atomic E-state index is 11.6. The van der Waals surface area contributed by atoms with Gasteiger partial charge >= 0.3 is 12.0 Å². The summed E-state index contributed by atoms with van der Waals surface area (Å²) in [6.07, 6.45) is 1.90. The van der Waals surface area contributed by atoms with E-state index in [1.165, 1.54) is 0 Å². The van der Waals surface area contributed by atoms with Crippen LogP contribution in [0.1, 0.15) is 18.9 Å². The van der Waals surface area contributed by atoms with Crippen molar-refractivity contribution in [3.05, 3.63) is 29.3 Å². The van der Waals surface area contributed by atoms with Gasteiger partial charge in [-0.15, -0.1) is 0 Å². The quantitative estimate of drug-likeness (QED) is 0.788. The molecule has 2 rings (SSSR count). The number of ether oxygens (including phenoxy) is 1. The van der Waals surface area contributed by atoms with E-state index in [1.807, 2.05) is 6.92 Å². The van der Waals surface area contributed by atoms with E-state index in [0.717, 1.165) is 0 Å². The van der Waals surface area contributed by atoms with E-state index in [2.05, 4.69) is 10.6 Å². The summed E-state index contributed by atoms with van der Waals surface area (Å²) in [7, 11) is 0. The first kappa shape index (κ1) is 13.9. The summed E-state index contributed by atoms with van der Waals surface area (Å²) in [5.41, 5.74) is 1.46. The van der Waals surface area contributed by atoms with Crippen LogP contribution in [0.5, 0.6) is 5.75 Å². The van der Waals surface area contributed by atoms with E-state index < -0.39 is 5.97 Å². The normalized spacial score (nSPS) is 13.3. The number of fused-ring (bicyclic) bond motifs is 1. The van der Waals surface area contributed by atoms with Crippen molar-refractivity contribution in [1.82, 2.24) is 5.32 Å². The molecule has 106 valence electrons. The fourth-order valence-electron chi connectivity index (χ4n) is 1.95. The summed E-state index contributed by atoms with van der Waals surface area (Å²) in [5.74, 6) is -0.460. The molecule has 6 heteroatoms. The Hall–Kier alpha value is -2.50. The monoisotopic (exact) mass is 276 g/mol. The number of rotatable bonds is 3. The zero-order valence-electron chi connectivity index (χ0n) is 11.1. The second kappa shape index (κ2) is 6.10. The van der Waals surface area contributed by atoms with Gasteiger partial charge < -0.3 is 20.5 Å². The number of hydrogen-bond donors (Lipinski definition) is 3. The van der Waals surface area contributed by atoms with Crippen molar-refractivity contribution in [1.29, 1.82) is 0 Å². The molecule has 1 heterocycles. The van der Waals surface area contributed by atoms with Gasteiger partial charge in [0.2, 0.25) is 0 Å². The number of benzene rings is 1. The zero-order chi connectivity index (χ0) is 14.5. The average molecular weight is 276 g/mol.